The Morgan fingerprint density at radius 2 is 1.82 bits per heavy atom. The Morgan fingerprint density at radius 1 is 1.15 bits per heavy atom. The SMILES string of the molecule is CCN(CC)S(=O)(=O)c1ccc(OC)c(NC(=O)Cn2cnc3c2c(=O)n(C)c(=O)n3C)c1. The van der Waals surface area contributed by atoms with E-state index in [2.05, 4.69) is 10.3 Å². The summed E-state index contributed by atoms with van der Waals surface area (Å²) in [6, 6.07) is 4.21. The van der Waals surface area contributed by atoms with Crippen molar-refractivity contribution in [2.45, 2.75) is 25.3 Å². The van der Waals surface area contributed by atoms with Crippen LogP contribution in [0.2, 0.25) is 0 Å². The fourth-order valence-electron chi connectivity index (χ4n) is 3.52. The van der Waals surface area contributed by atoms with Crippen LogP contribution in [0.15, 0.2) is 39.0 Å². The summed E-state index contributed by atoms with van der Waals surface area (Å²) in [5.41, 5.74) is -0.692. The molecule has 0 radical (unpaired) electrons. The normalized spacial score (nSPS) is 11.8. The molecule has 13 heteroatoms. The van der Waals surface area contributed by atoms with Gasteiger partial charge in [0.05, 0.1) is 24.0 Å². The molecule has 1 N–H and O–H groups in total. The number of methoxy groups -OCH3 is 1. The summed E-state index contributed by atoms with van der Waals surface area (Å²) in [6.07, 6.45) is 1.30. The van der Waals surface area contributed by atoms with Gasteiger partial charge in [0.1, 0.15) is 12.3 Å². The molecule has 0 fully saturated rings. The lowest BCUT2D eigenvalue weighted by molar-refractivity contribution is -0.116. The van der Waals surface area contributed by atoms with Crippen molar-refractivity contribution < 1.29 is 17.9 Å². The predicted molar refractivity (Wildman–Crippen MR) is 122 cm³/mol. The minimum absolute atomic E-state index is 0.0132. The highest BCUT2D eigenvalue weighted by molar-refractivity contribution is 7.89. The molecule has 3 rings (SSSR count). The van der Waals surface area contributed by atoms with Crippen LogP contribution in [0.25, 0.3) is 11.2 Å². The van der Waals surface area contributed by atoms with Gasteiger partial charge in [-0.15, -0.1) is 0 Å². The molecule has 0 spiro atoms. The number of sulfonamides is 1. The number of fused-ring (bicyclic) bond motifs is 1. The van der Waals surface area contributed by atoms with E-state index in [1.807, 2.05) is 0 Å². The number of carbonyl (C=O) groups excluding carboxylic acids is 1. The first-order valence-electron chi connectivity index (χ1n) is 10.2. The summed E-state index contributed by atoms with van der Waals surface area (Å²) in [7, 11) is 0.474. The second-order valence-corrected chi connectivity index (χ2v) is 9.19. The highest BCUT2D eigenvalue weighted by Crippen LogP contribution is 2.29. The maximum atomic E-state index is 12.9. The molecular formula is C20H26N6O6S. The number of anilines is 1. The average Bonchev–Trinajstić information content (AvgIpc) is 3.20. The Hall–Kier alpha value is -3.45. The van der Waals surface area contributed by atoms with Gasteiger partial charge in [-0.3, -0.25) is 18.7 Å². The van der Waals surface area contributed by atoms with Crippen molar-refractivity contribution in [1.29, 1.82) is 0 Å². The zero-order chi connectivity index (χ0) is 24.5. The van der Waals surface area contributed by atoms with Crippen LogP contribution in [0.5, 0.6) is 5.75 Å². The highest BCUT2D eigenvalue weighted by Gasteiger charge is 2.23. The average molecular weight is 479 g/mol. The monoisotopic (exact) mass is 478 g/mol. The lowest BCUT2D eigenvalue weighted by atomic mass is 10.3. The van der Waals surface area contributed by atoms with Gasteiger partial charge in [0.15, 0.2) is 11.2 Å². The number of rotatable bonds is 8. The molecule has 1 amide bonds. The van der Waals surface area contributed by atoms with Gasteiger partial charge in [-0.1, -0.05) is 13.8 Å². The molecule has 3 aromatic rings. The van der Waals surface area contributed by atoms with E-state index in [4.69, 9.17) is 4.74 Å². The number of nitrogens with zero attached hydrogens (tertiary/aromatic N) is 5. The quantitative estimate of drug-likeness (QED) is 0.485. The first-order valence-corrected chi connectivity index (χ1v) is 11.6. The van der Waals surface area contributed by atoms with Gasteiger partial charge in [0.2, 0.25) is 15.9 Å². The van der Waals surface area contributed by atoms with Crippen molar-refractivity contribution in [3.05, 3.63) is 45.4 Å². The summed E-state index contributed by atoms with van der Waals surface area (Å²) >= 11 is 0. The third kappa shape index (κ3) is 4.28. The minimum Gasteiger partial charge on any atom is -0.495 e. The number of imidazole rings is 1. The van der Waals surface area contributed by atoms with E-state index in [0.717, 1.165) is 4.57 Å². The third-order valence-corrected chi connectivity index (χ3v) is 7.37. The molecule has 0 saturated carbocycles. The maximum Gasteiger partial charge on any atom is 0.332 e. The largest absolute Gasteiger partial charge is 0.495 e. The molecule has 1 aromatic carbocycles. The van der Waals surface area contributed by atoms with Crippen molar-refractivity contribution in [3.8, 4) is 5.75 Å². The molecule has 0 unspecified atom stereocenters. The third-order valence-electron chi connectivity index (χ3n) is 5.32. The second-order valence-electron chi connectivity index (χ2n) is 7.25. The van der Waals surface area contributed by atoms with E-state index in [1.54, 1.807) is 13.8 Å². The Kier molecular flexibility index (Phi) is 6.74. The number of benzene rings is 1. The minimum atomic E-state index is -3.75. The zero-order valence-corrected chi connectivity index (χ0v) is 19.8. The van der Waals surface area contributed by atoms with Crippen LogP contribution in [-0.4, -0.2) is 57.5 Å². The van der Waals surface area contributed by atoms with Crippen molar-refractivity contribution in [3.63, 3.8) is 0 Å². The molecule has 0 aliphatic rings. The van der Waals surface area contributed by atoms with E-state index in [0.29, 0.717) is 13.1 Å². The lowest BCUT2D eigenvalue weighted by Gasteiger charge is -2.19. The van der Waals surface area contributed by atoms with E-state index < -0.39 is 27.2 Å². The van der Waals surface area contributed by atoms with Gasteiger partial charge < -0.3 is 14.6 Å². The molecule has 0 aliphatic carbocycles. The molecule has 2 aromatic heterocycles. The number of aromatic nitrogens is 4. The van der Waals surface area contributed by atoms with Crippen LogP contribution in [0.3, 0.4) is 0 Å². The fourth-order valence-corrected chi connectivity index (χ4v) is 5.00. The Balaban J connectivity index is 1.96. The van der Waals surface area contributed by atoms with Crippen LogP contribution in [0, 0.1) is 0 Å². The number of aryl methyl sites for hydroxylation is 1. The van der Waals surface area contributed by atoms with Crippen LogP contribution >= 0.6 is 0 Å². The summed E-state index contributed by atoms with van der Waals surface area (Å²) in [5.74, 6) is -0.267. The molecule has 0 aliphatic heterocycles. The van der Waals surface area contributed by atoms with Gasteiger partial charge in [-0.2, -0.15) is 4.31 Å². The van der Waals surface area contributed by atoms with E-state index in [9.17, 15) is 22.8 Å². The van der Waals surface area contributed by atoms with E-state index in [-0.39, 0.29) is 34.0 Å². The van der Waals surface area contributed by atoms with Crippen LogP contribution in [-0.2, 0) is 35.5 Å². The van der Waals surface area contributed by atoms with Crippen molar-refractivity contribution in [2.24, 2.45) is 14.1 Å². The number of hydrogen-bond donors (Lipinski definition) is 1. The van der Waals surface area contributed by atoms with Crippen molar-refractivity contribution in [2.75, 3.05) is 25.5 Å². The first kappa shape index (κ1) is 24.2. The van der Waals surface area contributed by atoms with Crippen LogP contribution in [0.4, 0.5) is 5.69 Å². The molecular weight excluding hydrogens is 452 g/mol. The van der Waals surface area contributed by atoms with Gasteiger partial charge in [0.25, 0.3) is 5.56 Å². The molecule has 2 heterocycles. The van der Waals surface area contributed by atoms with E-state index >= 15 is 0 Å². The summed E-state index contributed by atoms with van der Waals surface area (Å²) in [5, 5.41) is 2.64. The summed E-state index contributed by atoms with van der Waals surface area (Å²) < 4.78 is 35.8. The Morgan fingerprint density at radius 3 is 2.42 bits per heavy atom. The van der Waals surface area contributed by atoms with E-state index in [1.165, 1.54) is 59.2 Å². The zero-order valence-electron chi connectivity index (χ0n) is 19.0. The Labute approximate surface area is 190 Å². The molecule has 0 saturated heterocycles. The number of ether oxygens (including phenoxy) is 1. The molecule has 12 nitrogen and oxygen atoms in total. The lowest BCUT2D eigenvalue weighted by Crippen LogP contribution is -2.37. The fraction of sp³-hybridized carbons (Fsp3) is 0.400. The first-order chi connectivity index (χ1) is 15.6. The standard InChI is InChI=1S/C20H26N6O6S/c1-6-26(7-2)33(30,31)13-8-9-15(32-5)14(10-13)22-16(27)11-25-12-21-18-17(25)19(28)24(4)20(29)23(18)3/h8-10,12H,6-7,11H2,1-5H3,(H,22,27). The van der Waals surface area contributed by atoms with Crippen molar-refractivity contribution >= 4 is 32.8 Å². The van der Waals surface area contributed by atoms with Crippen LogP contribution < -0.4 is 21.3 Å². The van der Waals surface area contributed by atoms with Gasteiger partial charge >= 0.3 is 5.69 Å². The molecule has 0 atom stereocenters. The second kappa shape index (κ2) is 9.19. The maximum absolute atomic E-state index is 12.9. The number of hydrogen-bond acceptors (Lipinski definition) is 7. The topological polar surface area (TPSA) is 138 Å². The van der Waals surface area contributed by atoms with Gasteiger partial charge in [-0.05, 0) is 18.2 Å². The molecule has 178 valence electrons. The molecule has 33 heavy (non-hydrogen) atoms. The predicted octanol–water partition coefficient (Wildman–Crippen LogP) is 0.112. The van der Waals surface area contributed by atoms with Gasteiger partial charge in [0, 0.05) is 27.2 Å². The Bertz CT molecular complexity index is 1430. The summed E-state index contributed by atoms with van der Waals surface area (Å²) in [4.78, 5) is 41.5. The van der Waals surface area contributed by atoms with Gasteiger partial charge in [-0.25, -0.2) is 18.2 Å². The molecule has 0 bridgehead atoms. The number of carbonyl (C=O) groups is 1. The number of nitrogens with one attached hydrogen (secondary N) is 1. The van der Waals surface area contributed by atoms with Crippen LogP contribution in [0.1, 0.15) is 13.8 Å². The highest BCUT2D eigenvalue weighted by atomic mass is 32.2. The van der Waals surface area contributed by atoms with Crippen molar-refractivity contribution in [1.82, 2.24) is 23.0 Å². The number of amides is 1. The smallest absolute Gasteiger partial charge is 0.332 e. The summed E-state index contributed by atoms with van der Waals surface area (Å²) in [6.45, 7) is 3.79.